The van der Waals surface area contributed by atoms with Crippen LogP contribution < -0.4 is 11.5 Å². The van der Waals surface area contributed by atoms with Gasteiger partial charge in [-0.05, 0) is 24.3 Å². The van der Waals surface area contributed by atoms with E-state index < -0.39 is 11.8 Å². The standard InChI is InChI=1S/C11H11N3O2/c1-14-8-3-2-6(10(12)15)4-7(8)5-9(14)11(13)16/h2-5H,1H3,(H2,12,15)(H2,13,16). The molecule has 16 heavy (non-hydrogen) atoms. The lowest BCUT2D eigenvalue weighted by Crippen LogP contribution is -2.14. The van der Waals surface area contributed by atoms with Crippen molar-refractivity contribution >= 4 is 22.7 Å². The first-order valence-corrected chi connectivity index (χ1v) is 4.70. The van der Waals surface area contributed by atoms with Crippen molar-refractivity contribution in [3.05, 3.63) is 35.5 Å². The van der Waals surface area contributed by atoms with Gasteiger partial charge in [-0.15, -0.1) is 0 Å². The number of benzene rings is 1. The highest BCUT2D eigenvalue weighted by atomic mass is 16.1. The molecule has 0 aliphatic rings. The van der Waals surface area contributed by atoms with Crippen LogP contribution in [-0.4, -0.2) is 16.4 Å². The minimum Gasteiger partial charge on any atom is -0.366 e. The first-order chi connectivity index (χ1) is 7.50. The summed E-state index contributed by atoms with van der Waals surface area (Å²) in [5.74, 6) is -0.995. The van der Waals surface area contributed by atoms with Crippen LogP contribution in [0.1, 0.15) is 20.8 Å². The number of aromatic nitrogens is 1. The molecular formula is C11H11N3O2. The fraction of sp³-hybridized carbons (Fsp3) is 0.0909. The van der Waals surface area contributed by atoms with Crippen molar-refractivity contribution in [2.24, 2.45) is 18.5 Å². The average Bonchev–Trinajstić information content (AvgIpc) is 2.55. The van der Waals surface area contributed by atoms with Crippen molar-refractivity contribution in [3.63, 3.8) is 0 Å². The second-order valence-corrected chi connectivity index (χ2v) is 3.59. The summed E-state index contributed by atoms with van der Waals surface area (Å²) in [5.41, 5.74) is 12.0. The van der Waals surface area contributed by atoms with Crippen molar-refractivity contribution in [1.29, 1.82) is 0 Å². The third-order valence-electron chi connectivity index (χ3n) is 2.58. The van der Waals surface area contributed by atoms with E-state index in [2.05, 4.69) is 0 Å². The van der Waals surface area contributed by atoms with Gasteiger partial charge in [0.25, 0.3) is 5.91 Å². The molecule has 0 saturated heterocycles. The molecule has 2 amide bonds. The maximum Gasteiger partial charge on any atom is 0.265 e. The number of carbonyl (C=O) groups is 2. The van der Waals surface area contributed by atoms with E-state index in [4.69, 9.17) is 11.5 Å². The molecule has 1 aromatic heterocycles. The first-order valence-electron chi connectivity index (χ1n) is 4.70. The van der Waals surface area contributed by atoms with E-state index in [0.29, 0.717) is 11.3 Å². The monoisotopic (exact) mass is 217 g/mol. The van der Waals surface area contributed by atoms with Gasteiger partial charge in [-0.3, -0.25) is 9.59 Å². The molecule has 0 saturated carbocycles. The summed E-state index contributed by atoms with van der Waals surface area (Å²) in [6.45, 7) is 0. The molecule has 4 N–H and O–H groups in total. The normalized spacial score (nSPS) is 10.6. The van der Waals surface area contributed by atoms with Crippen molar-refractivity contribution < 1.29 is 9.59 Å². The Hall–Kier alpha value is -2.30. The van der Waals surface area contributed by atoms with E-state index >= 15 is 0 Å². The number of fused-ring (bicyclic) bond motifs is 1. The SMILES string of the molecule is Cn1c(C(N)=O)cc2cc(C(N)=O)ccc21. The zero-order valence-corrected chi connectivity index (χ0v) is 8.73. The number of aryl methyl sites for hydroxylation is 1. The average molecular weight is 217 g/mol. The molecule has 5 nitrogen and oxygen atoms in total. The van der Waals surface area contributed by atoms with Gasteiger partial charge in [0.2, 0.25) is 5.91 Å². The van der Waals surface area contributed by atoms with Crippen molar-refractivity contribution in [3.8, 4) is 0 Å². The van der Waals surface area contributed by atoms with E-state index in [9.17, 15) is 9.59 Å². The molecule has 82 valence electrons. The van der Waals surface area contributed by atoms with Gasteiger partial charge in [0.05, 0.1) is 0 Å². The van der Waals surface area contributed by atoms with Gasteiger partial charge >= 0.3 is 0 Å². The second kappa shape index (κ2) is 3.37. The van der Waals surface area contributed by atoms with Gasteiger partial charge in [-0.2, -0.15) is 0 Å². The maximum atomic E-state index is 11.1. The third-order valence-corrected chi connectivity index (χ3v) is 2.58. The van der Waals surface area contributed by atoms with Crippen molar-refractivity contribution in [1.82, 2.24) is 4.57 Å². The number of rotatable bonds is 2. The molecule has 0 fully saturated rings. The third kappa shape index (κ3) is 1.42. The number of carbonyl (C=O) groups excluding carboxylic acids is 2. The Morgan fingerprint density at radius 3 is 2.38 bits per heavy atom. The molecule has 0 spiro atoms. The van der Waals surface area contributed by atoms with Crippen LogP contribution in [0.5, 0.6) is 0 Å². The fourth-order valence-electron chi connectivity index (χ4n) is 1.74. The highest BCUT2D eigenvalue weighted by Crippen LogP contribution is 2.19. The van der Waals surface area contributed by atoms with E-state index in [0.717, 1.165) is 10.9 Å². The zero-order chi connectivity index (χ0) is 11.9. The van der Waals surface area contributed by atoms with Crippen LogP contribution in [0.4, 0.5) is 0 Å². The minimum atomic E-state index is -0.501. The van der Waals surface area contributed by atoms with E-state index in [-0.39, 0.29) is 0 Å². The van der Waals surface area contributed by atoms with Crippen LogP contribution in [0.2, 0.25) is 0 Å². The summed E-state index contributed by atoms with van der Waals surface area (Å²) in [6, 6.07) is 6.64. The van der Waals surface area contributed by atoms with E-state index in [1.165, 1.54) is 0 Å². The number of hydrogen-bond acceptors (Lipinski definition) is 2. The number of amides is 2. The maximum absolute atomic E-state index is 11.1. The largest absolute Gasteiger partial charge is 0.366 e. The summed E-state index contributed by atoms with van der Waals surface area (Å²) in [5, 5.41) is 0.771. The first kappa shape index (κ1) is 10.2. The molecule has 0 aliphatic carbocycles. The van der Waals surface area contributed by atoms with Crippen LogP contribution in [0, 0.1) is 0 Å². The molecule has 0 atom stereocenters. The lowest BCUT2D eigenvalue weighted by molar-refractivity contribution is 0.0987. The fourth-order valence-corrected chi connectivity index (χ4v) is 1.74. The van der Waals surface area contributed by atoms with Crippen molar-refractivity contribution in [2.75, 3.05) is 0 Å². The van der Waals surface area contributed by atoms with E-state index in [1.54, 1.807) is 35.9 Å². The number of nitrogens with two attached hydrogens (primary N) is 2. The molecule has 0 unspecified atom stereocenters. The van der Waals surface area contributed by atoms with Crippen LogP contribution in [0.3, 0.4) is 0 Å². The molecule has 1 heterocycles. The molecule has 1 aromatic carbocycles. The molecular weight excluding hydrogens is 206 g/mol. The van der Waals surface area contributed by atoms with Crippen LogP contribution >= 0.6 is 0 Å². The van der Waals surface area contributed by atoms with E-state index in [1.807, 2.05) is 0 Å². The highest BCUT2D eigenvalue weighted by Gasteiger charge is 2.11. The Balaban J connectivity index is 2.72. The van der Waals surface area contributed by atoms with Gasteiger partial charge in [-0.1, -0.05) is 0 Å². The van der Waals surface area contributed by atoms with Crippen LogP contribution in [0.25, 0.3) is 10.9 Å². The van der Waals surface area contributed by atoms with Crippen LogP contribution in [-0.2, 0) is 7.05 Å². The summed E-state index contributed by atoms with van der Waals surface area (Å²) in [4.78, 5) is 22.1. The number of hydrogen-bond donors (Lipinski definition) is 2. The lowest BCUT2D eigenvalue weighted by Gasteiger charge is -2.00. The Morgan fingerprint density at radius 2 is 1.81 bits per heavy atom. The molecule has 2 rings (SSSR count). The zero-order valence-electron chi connectivity index (χ0n) is 8.73. The second-order valence-electron chi connectivity index (χ2n) is 3.59. The number of primary amides is 2. The molecule has 5 heteroatoms. The molecule has 0 bridgehead atoms. The van der Waals surface area contributed by atoms with Crippen LogP contribution in [0.15, 0.2) is 24.3 Å². The quantitative estimate of drug-likeness (QED) is 0.761. The topological polar surface area (TPSA) is 91.1 Å². The van der Waals surface area contributed by atoms with Gasteiger partial charge < -0.3 is 16.0 Å². The summed E-state index contributed by atoms with van der Waals surface area (Å²) in [6.07, 6.45) is 0. The van der Waals surface area contributed by atoms with Gasteiger partial charge in [0.1, 0.15) is 5.69 Å². The Morgan fingerprint density at radius 1 is 1.12 bits per heavy atom. The van der Waals surface area contributed by atoms with Gasteiger partial charge in [-0.25, -0.2) is 0 Å². The van der Waals surface area contributed by atoms with Crippen molar-refractivity contribution in [2.45, 2.75) is 0 Å². The summed E-state index contributed by atoms with van der Waals surface area (Å²) < 4.78 is 1.68. The predicted octanol–water partition coefficient (Wildman–Crippen LogP) is 0.376. The van der Waals surface area contributed by atoms with Gasteiger partial charge in [0.15, 0.2) is 0 Å². The molecule has 0 radical (unpaired) electrons. The minimum absolute atomic E-state index is 0.400. The highest BCUT2D eigenvalue weighted by molar-refractivity contribution is 6.01. The lowest BCUT2D eigenvalue weighted by atomic mass is 10.1. The Kier molecular flexibility index (Phi) is 2.16. The Bertz CT molecular complexity index is 599. The number of nitrogens with zero attached hydrogens (tertiary/aromatic N) is 1. The predicted molar refractivity (Wildman–Crippen MR) is 60.0 cm³/mol. The van der Waals surface area contributed by atoms with Gasteiger partial charge in [0, 0.05) is 23.5 Å². The summed E-state index contributed by atoms with van der Waals surface area (Å²) >= 11 is 0. The molecule has 2 aromatic rings. The summed E-state index contributed by atoms with van der Waals surface area (Å²) in [7, 11) is 1.74. The smallest absolute Gasteiger partial charge is 0.265 e. The molecule has 0 aliphatic heterocycles. The Labute approximate surface area is 91.6 Å².